The smallest absolute Gasteiger partial charge is 0.0868 e. The standard InChI is InChI=1S/C12H12ClNO/c1-12(4-5-12)3-2-9-6-10(13)11(8-15)14-7-9/h6-7,15H,4-5,8H2,1H3. The highest BCUT2D eigenvalue weighted by atomic mass is 35.5. The minimum atomic E-state index is -0.135. The molecule has 2 nitrogen and oxygen atoms in total. The molecule has 1 N–H and O–H groups in total. The molecule has 0 bridgehead atoms. The van der Waals surface area contributed by atoms with E-state index >= 15 is 0 Å². The number of rotatable bonds is 1. The first-order valence-corrected chi connectivity index (χ1v) is 5.29. The molecule has 78 valence electrons. The second kappa shape index (κ2) is 3.84. The highest BCUT2D eigenvalue weighted by molar-refractivity contribution is 6.31. The van der Waals surface area contributed by atoms with Crippen LogP contribution in [-0.2, 0) is 6.61 Å². The van der Waals surface area contributed by atoms with Gasteiger partial charge in [0.25, 0.3) is 0 Å². The third-order valence-electron chi connectivity index (χ3n) is 2.58. The van der Waals surface area contributed by atoms with E-state index in [4.69, 9.17) is 16.7 Å². The third-order valence-corrected chi connectivity index (χ3v) is 2.90. The van der Waals surface area contributed by atoms with Gasteiger partial charge in [-0.25, -0.2) is 0 Å². The summed E-state index contributed by atoms with van der Waals surface area (Å²) < 4.78 is 0. The molecule has 1 aliphatic carbocycles. The molecule has 0 spiro atoms. The molecule has 1 aromatic heterocycles. The number of pyridine rings is 1. The van der Waals surface area contributed by atoms with Crippen molar-refractivity contribution in [3.05, 3.63) is 28.5 Å². The van der Waals surface area contributed by atoms with Gasteiger partial charge in [0.15, 0.2) is 0 Å². The summed E-state index contributed by atoms with van der Waals surface area (Å²) in [5, 5.41) is 9.37. The molecular formula is C12H12ClNO. The van der Waals surface area contributed by atoms with E-state index in [0.717, 1.165) is 5.56 Å². The Balaban J connectivity index is 2.22. The predicted molar refractivity (Wildman–Crippen MR) is 59.4 cm³/mol. The summed E-state index contributed by atoms with van der Waals surface area (Å²) in [6, 6.07) is 1.75. The van der Waals surface area contributed by atoms with E-state index in [1.54, 1.807) is 12.3 Å². The van der Waals surface area contributed by atoms with Crippen LogP contribution >= 0.6 is 11.6 Å². The first-order chi connectivity index (χ1) is 7.13. The molecule has 0 aromatic carbocycles. The molecule has 15 heavy (non-hydrogen) atoms. The van der Waals surface area contributed by atoms with Crippen molar-refractivity contribution in [2.24, 2.45) is 5.41 Å². The third kappa shape index (κ3) is 2.50. The number of aliphatic hydroxyl groups is 1. The largest absolute Gasteiger partial charge is 0.390 e. The molecule has 1 heterocycles. The lowest BCUT2D eigenvalue weighted by molar-refractivity contribution is 0.277. The molecule has 1 fully saturated rings. The number of nitrogens with zero attached hydrogens (tertiary/aromatic N) is 1. The van der Waals surface area contributed by atoms with Crippen LogP contribution in [0.1, 0.15) is 31.0 Å². The summed E-state index contributed by atoms with van der Waals surface area (Å²) >= 11 is 5.90. The van der Waals surface area contributed by atoms with Gasteiger partial charge in [0.2, 0.25) is 0 Å². The van der Waals surface area contributed by atoms with E-state index in [0.29, 0.717) is 10.7 Å². The summed E-state index contributed by atoms with van der Waals surface area (Å²) in [7, 11) is 0. The van der Waals surface area contributed by atoms with Gasteiger partial charge >= 0.3 is 0 Å². The summed E-state index contributed by atoms with van der Waals surface area (Å²) in [5.41, 5.74) is 1.52. The Bertz CT molecular complexity index is 441. The SMILES string of the molecule is CC1(C#Cc2cnc(CO)c(Cl)c2)CC1. The van der Waals surface area contributed by atoms with E-state index < -0.39 is 0 Å². The molecule has 1 aliphatic rings. The monoisotopic (exact) mass is 221 g/mol. The fourth-order valence-electron chi connectivity index (χ4n) is 1.19. The lowest BCUT2D eigenvalue weighted by atomic mass is 10.1. The van der Waals surface area contributed by atoms with Crippen molar-refractivity contribution in [2.45, 2.75) is 26.4 Å². The first-order valence-electron chi connectivity index (χ1n) is 4.91. The van der Waals surface area contributed by atoms with Crippen molar-refractivity contribution in [2.75, 3.05) is 0 Å². The molecule has 3 heteroatoms. The van der Waals surface area contributed by atoms with Gasteiger partial charge in [-0.2, -0.15) is 0 Å². The number of hydrogen-bond acceptors (Lipinski definition) is 2. The molecule has 1 saturated carbocycles. The van der Waals surface area contributed by atoms with Gasteiger partial charge in [-0.1, -0.05) is 23.4 Å². The second-order valence-electron chi connectivity index (χ2n) is 4.12. The van der Waals surface area contributed by atoms with Crippen molar-refractivity contribution in [1.82, 2.24) is 4.98 Å². The maximum atomic E-state index is 8.90. The zero-order valence-corrected chi connectivity index (χ0v) is 9.30. The van der Waals surface area contributed by atoms with Crippen molar-refractivity contribution in [1.29, 1.82) is 0 Å². The van der Waals surface area contributed by atoms with Crippen molar-refractivity contribution < 1.29 is 5.11 Å². The van der Waals surface area contributed by atoms with Crippen LogP contribution in [0.4, 0.5) is 0 Å². The van der Waals surface area contributed by atoms with E-state index in [1.165, 1.54) is 12.8 Å². The van der Waals surface area contributed by atoms with Crippen LogP contribution in [0.3, 0.4) is 0 Å². The maximum absolute atomic E-state index is 8.90. The summed E-state index contributed by atoms with van der Waals surface area (Å²) in [6.45, 7) is 2.02. The molecule has 2 rings (SSSR count). The van der Waals surface area contributed by atoms with Crippen LogP contribution in [0.15, 0.2) is 12.3 Å². The van der Waals surface area contributed by atoms with Gasteiger partial charge in [0, 0.05) is 17.2 Å². The van der Waals surface area contributed by atoms with Crippen molar-refractivity contribution >= 4 is 11.6 Å². The molecule has 0 amide bonds. The lowest BCUT2D eigenvalue weighted by Gasteiger charge is -1.99. The zero-order valence-electron chi connectivity index (χ0n) is 8.55. The van der Waals surface area contributed by atoms with Crippen LogP contribution in [0, 0.1) is 17.3 Å². The Morgan fingerprint density at radius 1 is 1.60 bits per heavy atom. The quantitative estimate of drug-likeness (QED) is 0.739. The van der Waals surface area contributed by atoms with E-state index in [-0.39, 0.29) is 12.0 Å². The van der Waals surface area contributed by atoms with Crippen LogP contribution in [0.2, 0.25) is 5.02 Å². The average molecular weight is 222 g/mol. The fraction of sp³-hybridized carbons (Fsp3) is 0.417. The fourth-order valence-corrected chi connectivity index (χ4v) is 1.41. The molecule has 0 atom stereocenters. The number of aliphatic hydroxyl groups excluding tert-OH is 1. The average Bonchev–Trinajstić information content (AvgIpc) is 2.95. The summed E-state index contributed by atoms with van der Waals surface area (Å²) in [5.74, 6) is 6.26. The lowest BCUT2D eigenvalue weighted by Crippen LogP contribution is -1.92. The predicted octanol–water partition coefficient (Wildman–Crippen LogP) is 2.38. The molecule has 0 aliphatic heterocycles. The van der Waals surface area contributed by atoms with Crippen LogP contribution in [0.5, 0.6) is 0 Å². The summed E-state index contributed by atoms with van der Waals surface area (Å²) in [6.07, 6.45) is 4.00. The minimum Gasteiger partial charge on any atom is -0.390 e. The van der Waals surface area contributed by atoms with Gasteiger partial charge < -0.3 is 5.11 Å². The van der Waals surface area contributed by atoms with Crippen LogP contribution < -0.4 is 0 Å². The number of hydrogen-bond donors (Lipinski definition) is 1. The highest BCUT2D eigenvalue weighted by Crippen LogP contribution is 2.44. The molecule has 1 aromatic rings. The van der Waals surface area contributed by atoms with Crippen LogP contribution in [0.25, 0.3) is 0 Å². The van der Waals surface area contributed by atoms with Crippen molar-refractivity contribution in [3.8, 4) is 11.8 Å². The molecule has 0 unspecified atom stereocenters. The van der Waals surface area contributed by atoms with E-state index in [9.17, 15) is 0 Å². The van der Waals surface area contributed by atoms with Crippen LogP contribution in [-0.4, -0.2) is 10.1 Å². The van der Waals surface area contributed by atoms with Crippen molar-refractivity contribution in [3.63, 3.8) is 0 Å². The Labute approximate surface area is 94.3 Å². The highest BCUT2D eigenvalue weighted by Gasteiger charge is 2.35. The minimum absolute atomic E-state index is 0.135. The number of aromatic nitrogens is 1. The Morgan fingerprint density at radius 2 is 2.33 bits per heavy atom. The molecule has 0 saturated heterocycles. The Kier molecular flexibility index (Phi) is 2.68. The maximum Gasteiger partial charge on any atom is 0.0868 e. The van der Waals surface area contributed by atoms with Gasteiger partial charge in [0.1, 0.15) is 0 Å². The van der Waals surface area contributed by atoms with Gasteiger partial charge in [-0.05, 0) is 25.8 Å². The van der Waals surface area contributed by atoms with Gasteiger partial charge in [0.05, 0.1) is 17.3 Å². The Hall–Kier alpha value is -1.04. The number of halogens is 1. The van der Waals surface area contributed by atoms with Gasteiger partial charge in [-0.3, -0.25) is 4.98 Å². The topological polar surface area (TPSA) is 33.1 Å². The molecule has 0 radical (unpaired) electrons. The first kappa shape index (κ1) is 10.5. The second-order valence-corrected chi connectivity index (χ2v) is 4.53. The Morgan fingerprint density at radius 3 is 2.87 bits per heavy atom. The zero-order chi connectivity index (χ0) is 10.9. The normalized spacial score (nSPS) is 16.7. The summed E-state index contributed by atoms with van der Waals surface area (Å²) in [4.78, 5) is 4.03. The van der Waals surface area contributed by atoms with Gasteiger partial charge in [-0.15, -0.1) is 0 Å². The van der Waals surface area contributed by atoms with E-state index in [1.807, 2.05) is 0 Å². The van der Waals surface area contributed by atoms with E-state index in [2.05, 4.69) is 23.7 Å². The molecular weight excluding hydrogens is 210 g/mol.